The van der Waals surface area contributed by atoms with Crippen molar-refractivity contribution in [2.45, 2.75) is 20.3 Å². The number of hydrazone groups is 1. The molecule has 6 heteroatoms. The van der Waals surface area contributed by atoms with E-state index < -0.39 is 0 Å². The van der Waals surface area contributed by atoms with Gasteiger partial charge in [-0.15, -0.1) is 0 Å². The van der Waals surface area contributed by atoms with E-state index in [0.717, 1.165) is 37.2 Å². The summed E-state index contributed by atoms with van der Waals surface area (Å²) in [4.78, 5) is 13.0. The number of benzene rings is 2. The molecular weight excluding hydrogens is 338 g/mol. The second-order valence-corrected chi connectivity index (χ2v) is 6.08. The van der Waals surface area contributed by atoms with Crippen LogP contribution in [-0.2, 0) is 6.42 Å². The third kappa shape index (κ3) is 5.67. The molecular formula is C21H27N5O. The highest BCUT2D eigenvalue weighted by Crippen LogP contribution is 2.10. The van der Waals surface area contributed by atoms with E-state index in [1.807, 2.05) is 42.5 Å². The number of hydrogen-bond acceptors (Lipinski definition) is 3. The number of carbonyl (C=O) groups is 1. The molecule has 2 aromatic rings. The predicted octanol–water partition coefficient (Wildman–Crippen LogP) is 2.94. The summed E-state index contributed by atoms with van der Waals surface area (Å²) in [5, 5.41) is 14.1. The third-order valence-corrected chi connectivity index (χ3v) is 4.32. The molecule has 2 aromatic carbocycles. The summed E-state index contributed by atoms with van der Waals surface area (Å²) in [5.41, 5.74) is 8.46. The van der Waals surface area contributed by atoms with Crippen LogP contribution in [0.25, 0.3) is 0 Å². The van der Waals surface area contributed by atoms with Crippen LogP contribution >= 0.6 is 0 Å². The summed E-state index contributed by atoms with van der Waals surface area (Å²) in [6, 6.07) is 17.3. The van der Waals surface area contributed by atoms with Crippen molar-refractivity contribution in [2.75, 3.05) is 19.6 Å². The van der Waals surface area contributed by atoms with Crippen LogP contribution in [0, 0.1) is 5.41 Å². The Hall–Kier alpha value is -3.15. The first-order valence-electron chi connectivity index (χ1n) is 9.13. The maximum Gasteiger partial charge on any atom is 0.209 e. The molecule has 0 aliphatic heterocycles. The van der Waals surface area contributed by atoms with Gasteiger partial charge in [-0.25, -0.2) is 5.01 Å². The molecule has 0 heterocycles. The number of hydrogen-bond donors (Lipinski definition) is 2. The lowest BCUT2D eigenvalue weighted by Crippen LogP contribution is -2.39. The Labute approximate surface area is 160 Å². The SMILES string of the molecule is CCN(CC)C(=NN(CCc1ccccc1)C(=N)N)c1ccc(C=O)cc1. The first-order valence-corrected chi connectivity index (χ1v) is 9.13. The summed E-state index contributed by atoms with van der Waals surface area (Å²) >= 11 is 0. The van der Waals surface area contributed by atoms with Crippen molar-refractivity contribution in [3.05, 3.63) is 71.3 Å². The molecule has 0 saturated heterocycles. The highest BCUT2D eigenvalue weighted by molar-refractivity contribution is 5.99. The second-order valence-electron chi connectivity index (χ2n) is 6.08. The number of carbonyl (C=O) groups excluding carboxylic acids is 1. The monoisotopic (exact) mass is 365 g/mol. The molecule has 27 heavy (non-hydrogen) atoms. The van der Waals surface area contributed by atoms with Gasteiger partial charge in [0.1, 0.15) is 6.29 Å². The maximum absolute atomic E-state index is 10.9. The van der Waals surface area contributed by atoms with Crippen LogP contribution in [0.4, 0.5) is 0 Å². The second kappa shape index (κ2) is 10.1. The molecule has 0 amide bonds. The Bertz CT molecular complexity index is 767. The van der Waals surface area contributed by atoms with Crippen LogP contribution < -0.4 is 5.73 Å². The summed E-state index contributed by atoms with van der Waals surface area (Å²) in [6.07, 6.45) is 1.55. The quantitative estimate of drug-likeness (QED) is 0.326. The molecule has 0 radical (unpaired) electrons. The molecule has 0 atom stereocenters. The summed E-state index contributed by atoms with van der Waals surface area (Å²) in [7, 11) is 0. The topological polar surface area (TPSA) is 85.8 Å². The fourth-order valence-corrected chi connectivity index (χ4v) is 2.76. The molecule has 0 aliphatic rings. The van der Waals surface area contributed by atoms with Crippen LogP contribution in [-0.4, -0.2) is 47.6 Å². The minimum atomic E-state index is -0.0971. The van der Waals surface area contributed by atoms with Crippen LogP contribution in [0.15, 0.2) is 59.7 Å². The fraction of sp³-hybridized carbons (Fsp3) is 0.286. The van der Waals surface area contributed by atoms with Crippen molar-refractivity contribution >= 4 is 18.1 Å². The molecule has 0 bridgehead atoms. The molecule has 2 rings (SSSR count). The van der Waals surface area contributed by atoms with Crippen molar-refractivity contribution in [1.29, 1.82) is 5.41 Å². The van der Waals surface area contributed by atoms with Gasteiger partial charge in [0.25, 0.3) is 0 Å². The van der Waals surface area contributed by atoms with E-state index in [2.05, 4.69) is 18.7 Å². The molecule has 0 fully saturated rings. The zero-order valence-electron chi connectivity index (χ0n) is 15.9. The zero-order valence-corrected chi connectivity index (χ0v) is 15.9. The van der Waals surface area contributed by atoms with Crippen molar-refractivity contribution in [1.82, 2.24) is 9.91 Å². The Morgan fingerprint density at radius 1 is 1.07 bits per heavy atom. The van der Waals surface area contributed by atoms with Gasteiger partial charge in [0.05, 0.1) is 0 Å². The molecule has 3 N–H and O–H groups in total. The van der Waals surface area contributed by atoms with E-state index in [1.165, 1.54) is 10.6 Å². The first-order chi connectivity index (χ1) is 13.1. The minimum absolute atomic E-state index is 0.0971. The summed E-state index contributed by atoms with van der Waals surface area (Å²) in [5.74, 6) is 0.640. The van der Waals surface area contributed by atoms with Gasteiger partial charge >= 0.3 is 0 Å². The minimum Gasteiger partial charge on any atom is -0.369 e. The average molecular weight is 365 g/mol. The van der Waals surface area contributed by atoms with Gasteiger partial charge in [-0.2, -0.15) is 5.10 Å². The van der Waals surface area contributed by atoms with E-state index >= 15 is 0 Å². The number of guanidine groups is 1. The molecule has 142 valence electrons. The Balaban J connectivity index is 2.32. The molecule has 6 nitrogen and oxygen atoms in total. The van der Waals surface area contributed by atoms with Gasteiger partial charge in [0.2, 0.25) is 5.96 Å². The molecule has 0 spiro atoms. The van der Waals surface area contributed by atoms with E-state index in [-0.39, 0.29) is 5.96 Å². The van der Waals surface area contributed by atoms with Gasteiger partial charge < -0.3 is 10.6 Å². The lowest BCUT2D eigenvalue weighted by Gasteiger charge is -2.26. The van der Waals surface area contributed by atoms with Crippen LogP contribution in [0.3, 0.4) is 0 Å². The maximum atomic E-state index is 10.9. The van der Waals surface area contributed by atoms with Gasteiger partial charge in [0.15, 0.2) is 5.84 Å². The van der Waals surface area contributed by atoms with E-state index in [0.29, 0.717) is 12.1 Å². The van der Waals surface area contributed by atoms with Gasteiger partial charge in [-0.05, 0) is 25.8 Å². The summed E-state index contributed by atoms with van der Waals surface area (Å²) < 4.78 is 0. The lowest BCUT2D eigenvalue weighted by atomic mass is 10.1. The number of amidine groups is 1. The first kappa shape index (κ1) is 20.2. The third-order valence-electron chi connectivity index (χ3n) is 4.32. The Morgan fingerprint density at radius 3 is 2.22 bits per heavy atom. The largest absolute Gasteiger partial charge is 0.369 e. The van der Waals surface area contributed by atoms with Crippen LogP contribution in [0.1, 0.15) is 35.3 Å². The molecule has 0 aliphatic carbocycles. The van der Waals surface area contributed by atoms with E-state index in [4.69, 9.17) is 16.2 Å². The van der Waals surface area contributed by atoms with Crippen molar-refractivity contribution in [2.24, 2.45) is 10.8 Å². The number of aldehydes is 1. The van der Waals surface area contributed by atoms with Crippen molar-refractivity contribution < 1.29 is 4.79 Å². The Morgan fingerprint density at radius 2 is 1.70 bits per heavy atom. The van der Waals surface area contributed by atoms with Gasteiger partial charge in [-0.1, -0.05) is 54.6 Å². The normalized spacial score (nSPS) is 11.1. The highest BCUT2D eigenvalue weighted by Gasteiger charge is 2.15. The average Bonchev–Trinajstić information content (AvgIpc) is 2.71. The fourth-order valence-electron chi connectivity index (χ4n) is 2.76. The van der Waals surface area contributed by atoms with Gasteiger partial charge in [0, 0.05) is 30.8 Å². The number of nitrogens with one attached hydrogen (secondary N) is 1. The molecule has 0 saturated carbocycles. The number of rotatable bonds is 8. The van der Waals surface area contributed by atoms with E-state index in [9.17, 15) is 4.79 Å². The van der Waals surface area contributed by atoms with E-state index in [1.54, 1.807) is 12.1 Å². The lowest BCUT2D eigenvalue weighted by molar-refractivity contribution is 0.112. The predicted molar refractivity (Wildman–Crippen MR) is 110 cm³/mol. The Kier molecular flexibility index (Phi) is 7.55. The highest BCUT2D eigenvalue weighted by atomic mass is 16.1. The number of nitrogens with two attached hydrogens (primary N) is 1. The molecule has 0 aromatic heterocycles. The van der Waals surface area contributed by atoms with Crippen LogP contribution in [0.5, 0.6) is 0 Å². The zero-order chi connectivity index (χ0) is 19.6. The van der Waals surface area contributed by atoms with Gasteiger partial charge in [-0.3, -0.25) is 10.2 Å². The summed E-state index contributed by atoms with van der Waals surface area (Å²) in [6.45, 7) is 6.17. The van der Waals surface area contributed by atoms with Crippen LogP contribution in [0.2, 0.25) is 0 Å². The number of nitrogens with zero attached hydrogens (tertiary/aromatic N) is 3. The smallest absolute Gasteiger partial charge is 0.209 e. The van der Waals surface area contributed by atoms with Crippen molar-refractivity contribution in [3.8, 4) is 0 Å². The standard InChI is InChI=1S/C21H27N5O/c1-3-25(4-2)20(19-12-10-18(16-27)11-13-19)24-26(21(22)23)15-14-17-8-6-5-7-9-17/h5-13,16H,3-4,14-15H2,1-2H3,(H3,22,23). The molecule has 0 unspecified atom stereocenters. The van der Waals surface area contributed by atoms with Crippen molar-refractivity contribution in [3.63, 3.8) is 0 Å².